The van der Waals surface area contributed by atoms with Crippen molar-refractivity contribution < 1.29 is 55.3 Å². The van der Waals surface area contributed by atoms with Crippen LogP contribution < -0.4 is 10.5 Å². The first kappa shape index (κ1) is 41.0. The summed E-state index contributed by atoms with van der Waals surface area (Å²) in [4.78, 5) is 45.3. The third kappa shape index (κ3) is 9.00. The summed E-state index contributed by atoms with van der Waals surface area (Å²) in [5, 5.41) is 10.0. The van der Waals surface area contributed by atoms with E-state index < -0.39 is 63.5 Å². The number of rotatable bonds is 13. The van der Waals surface area contributed by atoms with E-state index in [1.54, 1.807) is 6.92 Å². The van der Waals surface area contributed by atoms with Gasteiger partial charge in [0.15, 0.2) is 0 Å². The molecule has 17 heteroatoms. The van der Waals surface area contributed by atoms with Gasteiger partial charge in [0.05, 0.1) is 18.2 Å². The summed E-state index contributed by atoms with van der Waals surface area (Å²) in [6.45, 7) is 2.36. The lowest BCUT2D eigenvalue weighted by Gasteiger charge is -2.51. The lowest BCUT2D eigenvalue weighted by Crippen LogP contribution is -2.69. The van der Waals surface area contributed by atoms with E-state index in [4.69, 9.17) is 20.3 Å². The molecule has 2 amide bonds. The number of thiophene rings is 1. The number of carbonyl (C=O) groups is 3. The van der Waals surface area contributed by atoms with Crippen LogP contribution in [0, 0.1) is 0 Å². The number of piperidine rings is 2. The largest absolute Gasteiger partial charge is 0.481 e. The molecule has 294 valence electrons. The molecule has 4 heterocycles. The third-order valence-electron chi connectivity index (χ3n) is 9.95. The van der Waals surface area contributed by atoms with Crippen molar-refractivity contribution in [3.8, 4) is 5.75 Å². The third-order valence-corrected chi connectivity index (χ3v) is 10.9. The van der Waals surface area contributed by atoms with Crippen LogP contribution >= 0.6 is 11.3 Å². The normalized spacial score (nSPS) is 20.5. The number of carboxylic acids is 1. The molecule has 3 N–H and O–H groups in total. The van der Waals surface area contributed by atoms with Crippen molar-refractivity contribution in [2.45, 2.75) is 94.4 Å². The van der Waals surface area contributed by atoms with Crippen LogP contribution in [-0.2, 0) is 38.8 Å². The standard InChI is InChI=1S/C37H42F6N4O6S/c1-2-8-28-35(53-25-21-29(54-23-25)37(41,42)43,13-7-17-47(28)32(50)31-27(36(38,39)40)11-5-16-45-31)33(51)46-18-14-34(44,15-19-46)26-10-4-3-9-24(26)22-52-20-6-12-30(48)49/h3-5,9-11,16,21,23,28H,2,6-8,12-15,17-20,22,44H2,1H3,(H,48,49)/t28-,35+/m1/s1. The molecule has 2 fully saturated rings. The van der Waals surface area contributed by atoms with Crippen molar-refractivity contribution >= 4 is 29.1 Å². The van der Waals surface area contributed by atoms with Gasteiger partial charge in [0.2, 0.25) is 5.60 Å². The molecule has 3 aromatic rings. The highest BCUT2D eigenvalue weighted by atomic mass is 32.1. The predicted molar refractivity (Wildman–Crippen MR) is 186 cm³/mol. The van der Waals surface area contributed by atoms with Crippen LogP contribution in [0.25, 0.3) is 0 Å². The number of aliphatic carboxylic acids is 1. The zero-order valence-corrected chi connectivity index (χ0v) is 30.4. The van der Waals surface area contributed by atoms with Crippen LogP contribution in [-0.4, -0.2) is 75.6 Å². The smallest absolute Gasteiger partial charge is 0.425 e. The average molecular weight is 785 g/mol. The summed E-state index contributed by atoms with van der Waals surface area (Å²) in [7, 11) is 0. The summed E-state index contributed by atoms with van der Waals surface area (Å²) < 4.78 is 95.2. The number of ether oxygens (including phenoxy) is 2. The predicted octanol–water partition coefficient (Wildman–Crippen LogP) is 7.26. The number of alkyl halides is 6. The molecular weight excluding hydrogens is 742 g/mol. The van der Waals surface area contributed by atoms with E-state index in [9.17, 15) is 40.7 Å². The second-order valence-corrected chi connectivity index (χ2v) is 14.5. The number of nitrogens with two attached hydrogens (primary N) is 1. The zero-order valence-electron chi connectivity index (χ0n) is 29.5. The molecule has 10 nitrogen and oxygen atoms in total. The Morgan fingerprint density at radius 1 is 1.02 bits per heavy atom. The van der Waals surface area contributed by atoms with Gasteiger partial charge in [0.25, 0.3) is 11.8 Å². The number of carbonyl (C=O) groups excluding carboxylic acids is 2. The quantitative estimate of drug-likeness (QED) is 0.137. The number of hydrogen-bond donors (Lipinski definition) is 2. The number of aromatic nitrogens is 1. The summed E-state index contributed by atoms with van der Waals surface area (Å²) in [5.41, 5.74) is 3.61. The van der Waals surface area contributed by atoms with Crippen molar-refractivity contribution in [3.63, 3.8) is 0 Å². The van der Waals surface area contributed by atoms with E-state index in [2.05, 4.69) is 4.98 Å². The van der Waals surface area contributed by atoms with Crippen molar-refractivity contribution in [2.24, 2.45) is 5.73 Å². The van der Waals surface area contributed by atoms with Crippen LogP contribution in [0.5, 0.6) is 5.75 Å². The Bertz CT molecular complexity index is 1790. The summed E-state index contributed by atoms with van der Waals surface area (Å²) in [6, 6.07) is 8.80. The van der Waals surface area contributed by atoms with Crippen LogP contribution in [0.3, 0.4) is 0 Å². The topological polar surface area (TPSA) is 135 Å². The van der Waals surface area contributed by atoms with Gasteiger partial charge in [0.1, 0.15) is 16.3 Å². The molecule has 54 heavy (non-hydrogen) atoms. The van der Waals surface area contributed by atoms with Crippen LogP contribution in [0.2, 0.25) is 0 Å². The Labute approximate surface area is 312 Å². The average Bonchev–Trinajstić information content (AvgIpc) is 3.61. The van der Waals surface area contributed by atoms with E-state index in [0.717, 1.165) is 45.8 Å². The van der Waals surface area contributed by atoms with Gasteiger partial charge in [-0.3, -0.25) is 19.4 Å². The number of carboxylic acid groups (broad SMARTS) is 1. The molecule has 1 aromatic carbocycles. The summed E-state index contributed by atoms with van der Waals surface area (Å²) in [5.74, 6) is -2.84. The number of nitrogens with zero attached hydrogens (tertiary/aromatic N) is 3. The molecule has 0 bridgehead atoms. The van der Waals surface area contributed by atoms with Gasteiger partial charge in [-0.15, -0.1) is 11.3 Å². The molecule has 2 aliphatic rings. The second kappa shape index (κ2) is 16.7. The molecule has 0 spiro atoms. The van der Waals surface area contributed by atoms with Gasteiger partial charge in [-0.1, -0.05) is 37.6 Å². The highest BCUT2D eigenvalue weighted by molar-refractivity contribution is 7.10. The Morgan fingerprint density at radius 3 is 2.39 bits per heavy atom. The second-order valence-electron chi connectivity index (χ2n) is 13.6. The van der Waals surface area contributed by atoms with Gasteiger partial charge in [-0.25, -0.2) is 0 Å². The number of amides is 2. The monoisotopic (exact) mass is 784 g/mol. The van der Waals surface area contributed by atoms with Crippen LogP contribution in [0.4, 0.5) is 26.3 Å². The lowest BCUT2D eigenvalue weighted by molar-refractivity contribution is -0.161. The fraction of sp³-hybridized carbons (Fsp3) is 0.514. The molecule has 2 aromatic heterocycles. The number of pyridine rings is 1. The highest BCUT2D eigenvalue weighted by Gasteiger charge is 2.56. The fourth-order valence-corrected chi connectivity index (χ4v) is 8.04. The van der Waals surface area contributed by atoms with Crippen molar-refractivity contribution in [1.29, 1.82) is 0 Å². The molecule has 2 aliphatic heterocycles. The first-order valence-electron chi connectivity index (χ1n) is 17.6. The maximum Gasteiger partial charge on any atom is 0.425 e. The molecule has 0 unspecified atom stereocenters. The minimum absolute atomic E-state index is 0.0157. The number of benzene rings is 1. The molecule has 0 radical (unpaired) electrons. The number of likely N-dealkylation sites (tertiary alicyclic amines) is 2. The van der Waals surface area contributed by atoms with Gasteiger partial charge < -0.3 is 30.1 Å². The lowest BCUT2D eigenvalue weighted by atomic mass is 9.77. The fourth-order valence-electron chi connectivity index (χ4n) is 7.36. The first-order valence-corrected chi connectivity index (χ1v) is 18.5. The number of hydrogen-bond acceptors (Lipinski definition) is 8. The Kier molecular flexibility index (Phi) is 12.6. The maximum atomic E-state index is 14.9. The molecular formula is C37H42F6N4O6S. The van der Waals surface area contributed by atoms with Gasteiger partial charge in [-0.2, -0.15) is 26.3 Å². The van der Waals surface area contributed by atoms with Crippen LogP contribution in [0.1, 0.15) is 90.3 Å². The van der Waals surface area contributed by atoms with Crippen LogP contribution in [0.15, 0.2) is 54.0 Å². The molecule has 5 rings (SSSR count). The zero-order chi connectivity index (χ0) is 39.3. The maximum absolute atomic E-state index is 14.9. The van der Waals surface area contributed by atoms with Gasteiger partial charge >= 0.3 is 18.3 Å². The minimum atomic E-state index is -4.91. The van der Waals surface area contributed by atoms with E-state index in [-0.39, 0.29) is 77.1 Å². The van der Waals surface area contributed by atoms with Crippen molar-refractivity contribution in [2.75, 3.05) is 26.2 Å². The Balaban J connectivity index is 1.46. The highest BCUT2D eigenvalue weighted by Crippen LogP contribution is 2.43. The van der Waals surface area contributed by atoms with Crippen molar-refractivity contribution in [1.82, 2.24) is 14.8 Å². The van der Waals surface area contributed by atoms with Crippen molar-refractivity contribution in [3.05, 3.63) is 81.3 Å². The molecule has 0 saturated carbocycles. The SMILES string of the molecule is CCC[C@H]1N(C(=O)c2ncccc2C(F)(F)F)CCC[C@@]1(Oc1csc(C(F)(F)F)c1)C(=O)N1CCC(N)(c2ccccc2COCCCC(=O)O)CC1. The van der Waals surface area contributed by atoms with E-state index in [0.29, 0.717) is 24.2 Å². The van der Waals surface area contributed by atoms with Gasteiger partial charge in [0, 0.05) is 62.3 Å². The Hall–Kier alpha value is -4.22. The molecule has 2 atom stereocenters. The molecule has 0 aliphatic carbocycles. The summed E-state index contributed by atoms with van der Waals surface area (Å²) in [6.07, 6.45) is -7.14. The number of halogens is 6. The summed E-state index contributed by atoms with van der Waals surface area (Å²) >= 11 is 0.379. The van der Waals surface area contributed by atoms with E-state index >= 15 is 0 Å². The minimum Gasteiger partial charge on any atom is -0.481 e. The molecule has 2 saturated heterocycles. The Morgan fingerprint density at radius 2 is 1.74 bits per heavy atom. The van der Waals surface area contributed by atoms with Gasteiger partial charge in [-0.05, 0) is 55.4 Å². The first-order chi connectivity index (χ1) is 25.5. The van der Waals surface area contributed by atoms with E-state index in [1.807, 2.05) is 24.3 Å². The van der Waals surface area contributed by atoms with E-state index in [1.165, 1.54) is 4.90 Å².